The van der Waals surface area contributed by atoms with E-state index in [1.807, 2.05) is 0 Å². The Hall–Kier alpha value is -0.380. The van der Waals surface area contributed by atoms with Gasteiger partial charge < -0.3 is 10.6 Å². The van der Waals surface area contributed by atoms with E-state index in [0.29, 0.717) is 6.04 Å². The van der Waals surface area contributed by atoms with E-state index in [-0.39, 0.29) is 0 Å². The smallest absolute Gasteiger partial charge is 0.0230 e. The van der Waals surface area contributed by atoms with Crippen LogP contribution in [0.5, 0.6) is 0 Å². The summed E-state index contributed by atoms with van der Waals surface area (Å²) in [6.45, 7) is 4.24. The average Bonchev–Trinajstić information content (AvgIpc) is 2.30. The summed E-state index contributed by atoms with van der Waals surface area (Å²) >= 11 is 3.45. The van der Waals surface area contributed by atoms with Crippen LogP contribution in [0, 0.1) is 0 Å². The van der Waals surface area contributed by atoms with Crippen molar-refractivity contribution in [2.24, 2.45) is 5.73 Å². The minimum absolute atomic E-state index is 0.354. The number of benzene rings is 1. The van der Waals surface area contributed by atoms with E-state index in [2.05, 4.69) is 59.1 Å². The molecule has 0 spiro atoms. The van der Waals surface area contributed by atoms with Gasteiger partial charge in [0.05, 0.1) is 0 Å². The van der Waals surface area contributed by atoms with Gasteiger partial charge in [-0.3, -0.25) is 0 Å². The first kappa shape index (κ1) is 14.7. The van der Waals surface area contributed by atoms with Crippen LogP contribution in [-0.2, 0) is 6.54 Å². The van der Waals surface area contributed by atoms with Crippen molar-refractivity contribution in [3.8, 4) is 0 Å². The van der Waals surface area contributed by atoms with Gasteiger partial charge >= 0.3 is 0 Å². The SMILES string of the molecule is CCCC(N)CCN(C)Cc1ccc(Br)cc1. The van der Waals surface area contributed by atoms with E-state index in [9.17, 15) is 0 Å². The number of hydrogen-bond donors (Lipinski definition) is 1. The number of nitrogens with two attached hydrogens (primary N) is 1. The fourth-order valence-corrected chi connectivity index (χ4v) is 2.15. The van der Waals surface area contributed by atoms with Crippen molar-refractivity contribution in [2.75, 3.05) is 13.6 Å². The van der Waals surface area contributed by atoms with E-state index >= 15 is 0 Å². The maximum Gasteiger partial charge on any atom is 0.0230 e. The van der Waals surface area contributed by atoms with Gasteiger partial charge in [0.15, 0.2) is 0 Å². The summed E-state index contributed by atoms with van der Waals surface area (Å²) in [4.78, 5) is 2.33. The molecule has 0 aliphatic carbocycles. The molecule has 0 aliphatic rings. The quantitative estimate of drug-likeness (QED) is 0.836. The Kier molecular flexibility index (Phi) is 6.78. The molecule has 2 N–H and O–H groups in total. The highest BCUT2D eigenvalue weighted by Crippen LogP contribution is 2.12. The molecular formula is C14H23BrN2. The van der Waals surface area contributed by atoms with Crippen molar-refractivity contribution in [1.29, 1.82) is 0 Å². The molecule has 96 valence electrons. The molecule has 1 rings (SSSR count). The summed E-state index contributed by atoms with van der Waals surface area (Å²) in [7, 11) is 2.15. The third kappa shape index (κ3) is 6.20. The van der Waals surface area contributed by atoms with Crippen LogP contribution in [-0.4, -0.2) is 24.5 Å². The van der Waals surface area contributed by atoms with Crippen LogP contribution in [0.4, 0.5) is 0 Å². The van der Waals surface area contributed by atoms with Crippen molar-refractivity contribution >= 4 is 15.9 Å². The zero-order chi connectivity index (χ0) is 12.7. The molecular weight excluding hydrogens is 276 g/mol. The first-order chi connectivity index (χ1) is 8.11. The van der Waals surface area contributed by atoms with Gasteiger partial charge in [-0.2, -0.15) is 0 Å². The van der Waals surface area contributed by atoms with Crippen LogP contribution in [0.3, 0.4) is 0 Å². The van der Waals surface area contributed by atoms with Crippen LogP contribution < -0.4 is 5.73 Å². The summed E-state index contributed by atoms with van der Waals surface area (Å²) in [5.74, 6) is 0. The second kappa shape index (κ2) is 7.85. The van der Waals surface area contributed by atoms with Gasteiger partial charge in [-0.25, -0.2) is 0 Å². The molecule has 0 aliphatic heterocycles. The maximum atomic E-state index is 6.01. The first-order valence-electron chi connectivity index (χ1n) is 6.30. The lowest BCUT2D eigenvalue weighted by Crippen LogP contribution is -2.27. The Morgan fingerprint density at radius 2 is 1.88 bits per heavy atom. The Bertz CT molecular complexity index is 311. The summed E-state index contributed by atoms with van der Waals surface area (Å²) in [6.07, 6.45) is 3.39. The molecule has 1 aromatic carbocycles. The maximum absolute atomic E-state index is 6.01. The molecule has 0 heterocycles. The van der Waals surface area contributed by atoms with Gasteiger partial charge in [-0.05, 0) is 44.1 Å². The van der Waals surface area contributed by atoms with Crippen LogP contribution in [0.15, 0.2) is 28.7 Å². The molecule has 0 saturated carbocycles. The largest absolute Gasteiger partial charge is 0.328 e. The molecule has 0 amide bonds. The molecule has 0 saturated heterocycles. The highest BCUT2D eigenvalue weighted by molar-refractivity contribution is 9.10. The molecule has 3 heteroatoms. The number of rotatable bonds is 7. The van der Waals surface area contributed by atoms with Gasteiger partial charge in [0.1, 0.15) is 0 Å². The summed E-state index contributed by atoms with van der Waals surface area (Å²) in [5, 5.41) is 0. The van der Waals surface area contributed by atoms with Crippen molar-refractivity contribution in [3.05, 3.63) is 34.3 Å². The number of nitrogens with zero attached hydrogens (tertiary/aromatic N) is 1. The molecule has 1 aromatic rings. The van der Waals surface area contributed by atoms with Gasteiger partial charge in [0, 0.05) is 17.1 Å². The predicted octanol–water partition coefficient (Wildman–Crippen LogP) is 3.40. The van der Waals surface area contributed by atoms with Crippen molar-refractivity contribution in [3.63, 3.8) is 0 Å². The zero-order valence-corrected chi connectivity index (χ0v) is 12.4. The van der Waals surface area contributed by atoms with Crippen LogP contribution in [0.2, 0.25) is 0 Å². The van der Waals surface area contributed by atoms with Gasteiger partial charge in [0.25, 0.3) is 0 Å². The molecule has 0 aromatic heterocycles. The molecule has 0 radical (unpaired) electrons. The van der Waals surface area contributed by atoms with Crippen LogP contribution >= 0.6 is 15.9 Å². The normalized spacial score (nSPS) is 13.0. The van der Waals surface area contributed by atoms with E-state index in [1.165, 1.54) is 12.0 Å². The standard InChI is InChI=1S/C14H23BrN2/c1-3-4-14(16)9-10-17(2)11-12-5-7-13(15)8-6-12/h5-8,14H,3-4,9-11,16H2,1-2H3. The molecule has 1 atom stereocenters. The lowest BCUT2D eigenvalue weighted by molar-refractivity contribution is 0.307. The fourth-order valence-electron chi connectivity index (χ4n) is 1.88. The highest BCUT2D eigenvalue weighted by atomic mass is 79.9. The third-order valence-corrected chi connectivity index (χ3v) is 3.44. The van der Waals surface area contributed by atoms with Gasteiger partial charge in [-0.15, -0.1) is 0 Å². The molecule has 17 heavy (non-hydrogen) atoms. The van der Waals surface area contributed by atoms with Crippen LogP contribution in [0.25, 0.3) is 0 Å². The van der Waals surface area contributed by atoms with E-state index in [4.69, 9.17) is 5.73 Å². The lowest BCUT2D eigenvalue weighted by atomic mass is 10.1. The van der Waals surface area contributed by atoms with Crippen LogP contribution in [0.1, 0.15) is 31.7 Å². The Labute approximate surface area is 113 Å². The van der Waals surface area contributed by atoms with E-state index in [1.54, 1.807) is 0 Å². The van der Waals surface area contributed by atoms with Crippen molar-refractivity contribution in [1.82, 2.24) is 4.90 Å². The van der Waals surface area contributed by atoms with Gasteiger partial charge in [0.2, 0.25) is 0 Å². The second-order valence-electron chi connectivity index (χ2n) is 4.70. The summed E-state index contributed by atoms with van der Waals surface area (Å²) < 4.78 is 1.13. The fraction of sp³-hybridized carbons (Fsp3) is 0.571. The number of hydrogen-bond acceptors (Lipinski definition) is 2. The molecule has 2 nitrogen and oxygen atoms in total. The predicted molar refractivity (Wildman–Crippen MR) is 78.0 cm³/mol. The summed E-state index contributed by atoms with van der Waals surface area (Å²) in [5.41, 5.74) is 7.36. The highest BCUT2D eigenvalue weighted by Gasteiger charge is 2.04. The monoisotopic (exact) mass is 298 g/mol. The lowest BCUT2D eigenvalue weighted by Gasteiger charge is -2.19. The topological polar surface area (TPSA) is 29.3 Å². The summed E-state index contributed by atoms with van der Waals surface area (Å²) in [6, 6.07) is 8.85. The van der Waals surface area contributed by atoms with Gasteiger partial charge in [-0.1, -0.05) is 41.4 Å². The first-order valence-corrected chi connectivity index (χ1v) is 7.09. The Morgan fingerprint density at radius 1 is 1.24 bits per heavy atom. The van der Waals surface area contributed by atoms with Crippen molar-refractivity contribution < 1.29 is 0 Å². The Balaban J connectivity index is 2.29. The Morgan fingerprint density at radius 3 is 2.47 bits per heavy atom. The van der Waals surface area contributed by atoms with E-state index in [0.717, 1.165) is 30.4 Å². The molecule has 1 unspecified atom stereocenters. The average molecular weight is 299 g/mol. The number of halogens is 1. The van der Waals surface area contributed by atoms with E-state index < -0.39 is 0 Å². The zero-order valence-electron chi connectivity index (χ0n) is 10.8. The van der Waals surface area contributed by atoms with Crippen molar-refractivity contribution in [2.45, 2.75) is 38.8 Å². The third-order valence-electron chi connectivity index (χ3n) is 2.91. The molecule has 0 fully saturated rings. The molecule has 0 bridgehead atoms. The minimum Gasteiger partial charge on any atom is -0.328 e. The second-order valence-corrected chi connectivity index (χ2v) is 5.62. The minimum atomic E-state index is 0.354.